The number of ketones is 1. The van der Waals surface area contributed by atoms with Crippen LogP contribution in [-0.4, -0.2) is 37.3 Å². The highest BCUT2D eigenvalue weighted by molar-refractivity contribution is 8.00. The first kappa shape index (κ1) is 22.9. The van der Waals surface area contributed by atoms with E-state index in [0.717, 1.165) is 6.42 Å². The Kier molecular flexibility index (Phi) is 6.13. The van der Waals surface area contributed by atoms with E-state index in [1.54, 1.807) is 25.3 Å². The number of hydrogen-bond donors (Lipinski definition) is 0. The second-order valence-corrected chi connectivity index (χ2v) is 9.46. The van der Waals surface area contributed by atoms with Gasteiger partial charge in [0, 0.05) is 5.56 Å². The lowest BCUT2D eigenvalue weighted by atomic mass is 10.1. The lowest BCUT2D eigenvalue weighted by Crippen LogP contribution is -2.22. The maximum Gasteiger partial charge on any atom is 0.267 e. The monoisotopic (exact) mass is 484 g/mol. The van der Waals surface area contributed by atoms with Crippen molar-refractivity contribution < 1.29 is 9.53 Å². The van der Waals surface area contributed by atoms with Crippen molar-refractivity contribution >= 4 is 34.2 Å². The van der Waals surface area contributed by atoms with Crippen molar-refractivity contribution in [2.75, 3.05) is 7.11 Å². The number of para-hydroxylation sites is 1. The number of rotatable bonds is 7. The molecular formula is C27H24N4O3S. The molecule has 3 aromatic carbocycles. The number of benzene rings is 3. The molecule has 7 nitrogen and oxygen atoms in total. The molecule has 0 aliphatic rings. The molecule has 2 aromatic heterocycles. The summed E-state index contributed by atoms with van der Waals surface area (Å²) >= 11 is 1.33. The van der Waals surface area contributed by atoms with Gasteiger partial charge >= 0.3 is 0 Å². The van der Waals surface area contributed by atoms with Crippen LogP contribution in [0.5, 0.6) is 5.75 Å². The van der Waals surface area contributed by atoms with Crippen molar-refractivity contribution in [3.8, 4) is 11.4 Å². The van der Waals surface area contributed by atoms with E-state index in [9.17, 15) is 9.59 Å². The Labute approximate surface area is 206 Å². The van der Waals surface area contributed by atoms with Crippen LogP contribution < -0.4 is 10.3 Å². The van der Waals surface area contributed by atoms with Crippen molar-refractivity contribution in [3.63, 3.8) is 0 Å². The minimum absolute atomic E-state index is 0.0159. The first-order valence-corrected chi connectivity index (χ1v) is 12.2. The van der Waals surface area contributed by atoms with E-state index < -0.39 is 5.25 Å². The van der Waals surface area contributed by atoms with Crippen LogP contribution >= 0.6 is 11.8 Å². The number of carbonyl (C=O) groups is 1. The fraction of sp³-hybridized carbons (Fsp3) is 0.185. The van der Waals surface area contributed by atoms with Crippen LogP contribution in [0.4, 0.5) is 0 Å². The van der Waals surface area contributed by atoms with Crippen LogP contribution in [0.1, 0.15) is 29.8 Å². The summed E-state index contributed by atoms with van der Waals surface area (Å²) in [5.41, 5.74) is 3.00. The van der Waals surface area contributed by atoms with Crippen LogP contribution in [0.15, 0.2) is 82.7 Å². The summed E-state index contributed by atoms with van der Waals surface area (Å²) in [5.74, 6) is 1.09. The van der Waals surface area contributed by atoms with Gasteiger partial charge in [0.15, 0.2) is 10.9 Å². The number of Topliss-reactive ketones (excluding diaryl/α,β-unsaturated/α-hetero) is 1. The quantitative estimate of drug-likeness (QED) is 0.240. The number of thioether (sulfide) groups is 1. The highest BCUT2D eigenvalue weighted by Gasteiger charge is 2.23. The lowest BCUT2D eigenvalue weighted by Gasteiger charge is -2.13. The molecule has 0 saturated heterocycles. The maximum absolute atomic E-state index is 13.5. The van der Waals surface area contributed by atoms with E-state index in [1.165, 1.54) is 21.9 Å². The predicted molar refractivity (Wildman–Crippen MR) is 138 cm³/mol. The summed E-state index contributed by atoms with van der Waals surface area (Å²) in [6, 6.07) is 22.3. The van der Waals surface area contributed by atoms with Gasteiger partial charge in [0.2, 0.25) is 5.78 Å². The highest BCUT2D eigenvalue weighted by Crippen LogP contribution is 2.28. The number of hydrogen-bond acceptors (Lipinski definition) is 6. The Bertz CT molecular complexity index is 1590. The van der Waals surface area contributed by atoms with Gasteiger partial charge in [-0.25, -0.2) is 4.57 Å². The molecular weight excluding hydrogens is 460 g/mol. The molecule has 5 rings (SSSR count). The molecule has 176 valence electrons. The molecule has 0 aliphatic heterocycles. The van der Waals surface area contributed by atoms with Gasteiger partial charge in [0.1, 0.15) is 5.75 Å². The second-order valence-electron chi connectivity index (χ2n) is 8.15. The smallest absolute Gasteiger partial charge is 0.267 e. The summed E-state index contributed by atoms with van der Waals surface area (Å²) in [5, 5.41) is 9.44. The molecule has 1 unspecified atom stereocenters. The Balaban J connectivity index is 1.61. The normalized spacial score (nSPS) is 12.2. The molecule has 1 atom stereocenters. The second kappa shape index (κ2) is 9.38. The summed E-state index contributed by atoms with van der Waals surface area (Å²) < 4.78 is 8.64. The molecule has 2 heterocycles. The van der Waals surface area contributed by atoms with E-state index in [4.69, 9.17) is 4.74 Å². The van der Waals surface area contributed by atoms with E-state index in [2.05, 4.69) is 17.1 Å². The summed E-state index contributed by atoms with van der Waals surface area (Å²) in [6.45, 7) is 3.95. The van der Waals surface area contributed by atoms with E-state index in [0.29, 0.717) is 38.8 Å². The number of aromatic nitrogens is 4. The lowest BCUT2D eigenvalue weighted by molar-refractivity contribution is 0.0994. The number of aryl methyl sites for hydroxylation is 1. The molecule has 8 heteroatoms. The number of ether oxygens (including phenoxy) is 1. The number of carbonyl (C=O) groups excluding carboxylic acids is 1. The third-order valence-electron chi connectivity index (χ3n) is 6.02. The zero-order chi connectivity index (χ0) is 24.5. The summed E-state index contributed by atoms with van der Waals surface area (Å²) in [7, 11) is 1.60. The fourth-order valence-electron chi connectivity index (χ4n) is 4.07. The minimum atomic E-state index is -0.394. The maximum atomic E-state index is 13.5. The predicted octanol–water partition coefficient (Wildman–Crippen LogP) is 4.97. The molecule has 0 fully saturated rings. The average molecular weight is 485 g/mol. The van der Waals surface area contributed by atoms with Gasteiger partial charge in [-0.1, -0.05) is 55.1 Å². The van der Waals surface area contributed by atoms with Gasteiger partial charge in [-0.15, -0.1) is 10.2 Å². The van der Waals surface area contributed by atoms with Gasteiger partial charge in [0.05, 0.1) is 29.0 Å². The Morgan fingerprint density at radius 3 is 2.40 bits per heavy atom. The zero-order valence-corrected chi connectivity index (χ0v) is 20.5. The first-order valence-electron chi connectivity index (χ1n) is 11.3. The molecule has 0 N–H and O–H groups in total. The van der Waals surface area contributed by atoms with E-state index in [1.807, 2.05) is 65.9 Å². The van der Waals surface area contributed by atoms with Crippen LogP contribution in [-0.2, 0) is 6.42 Å². The zero-order valence-electron chi connectivity index (χ0n) is 19.6. The number of fused-ring (bicyclic) bond motifs is 3. The van der Waals surface area contributed by atoms with Crippen molar-refractivity contribution in [2.45, 2.75) is 30.7 Å². The van der Waals surface area contributed by atoms with Gasteiger partial charge in [0.25, 0.3) is 5.56 Å². The first-order chi connectivity index (χ1) is 17.0. The van der Waals surface area contributed by atoms with Gasteiger partial charge < -0.3 is 4.74 Å². The fourth-order valence-corrected chi connectivity index (χ4v) is 5.00. The van der Waals surface area contributed by atoms with Crippen LogP contribution in [0.2, 0.25) is 0 Å². The third kappa shape index (κ3) is 4.10. The van der Waals surface area contributed by atoms with Crippen LogP contribution in [0.3, 0.4) is 0 Å². The summed E-state index contributed by atoms with van der Waals surface area (Å²) in [4.78, 5) is 26.6. The highest BCUT2D eigenvalue weighted by atomic mass is 32.2. The van der Waals surface area contributed by atoms with Crippen LogP contribution in [0, 0.1) is 0 Å². The van der Waals surface area contributed by atoms with E-state index in [-0.39, 0.29) is 11.3 Å². The summed E-state index contributed by atoms with van der Waals surface area (Å²) in [6.07, 6.45) is 0.924. The van der Waals surface area contributed by atoms with Crippen LogP contribution in [0.25, 0.3) is 22.4 Å². The Hall–Kier alpha value is -3.91. The van der Waals surface area contributed by atoms with Crippen molar-refractivity contribution in [1.82, 2.24) is 19.2 Å². The standard InChI is InChI=1S/C27H24N4O3S/c1-4-18-9-11-19(12-10-18)24(32)17(2)35-27-29-28-26-30(20-13-15-21(34-3)16-14-20)25(33)22-7-5-6-8-23(22)31(26)27/h5-17H,4H2,1-3H3. The average Bonchev–Trinajstić information content (AvgIpc) is 3.32. The van der Waals surface area contributed by atoms with Gasteiger partial charge in [-0.05, 0) is 55.3 Å². The minimum Gasteiger partial charge on any atom is -0.497 e. The molecule has 0 amide bonds. The molecule has 0 bridgehead atoms. The molecule has 0 aliphatic carbocycles. The number of methoxy groups -OCH3 is 1. The number of nitrogens with zero attached hydrogens (tertiary/aromatic N) is 4. The van der Waals surface area contributed by atoms with E-state index >= 15 is 0 Å². The Morgan fingerprint density at radius 2 is 1.71 bits per heavy atom. The molecule has 0 saturated carbocycles. The SMILES string of the molecule is CCc1ccc(C(=O)C(C)Sc2nnc3n(-c4ccc(OC)cc4)c(=O)c4ccccc4n23)cc1. The Morgan fingerprint density at radius 1 is 1.00 bits per heavy atom. The molecule has 0 spiro atoms. The third-order valence-corrected chi connectivity index (χ3v) is 7.07. The van der Waals surface area contributed by atoms with Crippen molar-refractivity contribution in [3.05, 3.63) is 94.3 Å². The van der Waals surface area contributed by atoms with Crippen molar-refractivity contribution in [1.29, 1.82) is 0 Å². The van der Waals surface area contributed by atoms with Gasteiger partial charge in [-0.3, -0.25) is 14.0 Å². The molecule has 0 radical (unpaired) electrons. The largest absolute Gasteiger partial charge is 0.497 e. The van der Waals surface area contributed by atoms with Gasteiger partial charge in [-0.2, -0.15) is 0 Å². The molecule has 35 heavy (non-hydrogen) atoms. The molecule has 5 aromatic rings. The van der Waals surface area contributed by atoms with Crippen molar-refractivity contribution in [2.24, 2.45) is 0 Å². The topological polar surface area (TPSA) is 78.5 Å².